The number of imidazole rings is 4. The molecular weight excluding hydrogens is 1900 g/mol. The zero-order chi connectivity index (χ0) is 98.5. The van der Waals surface area contributed by atoms with E-state index in [1.54, 1.807) is 62.1 Å². The lowest BCUT2D eigenvalue weighted by molar-refractivity contribution is 0.261. The van der Waals surface area contributed by atoms with Gasteiger partial charge in [-0.15, -0.1) is 68.0 Å². The van der Waals surface area contributed by atoms with Gasteiger partial charge in [0.25, 0.3) is 33.4 Å². The van der Waals surface area contributed by atoms with E-state index < -0.39 is 0 Å². The van der Waals surface area contributed by atoms with E-state index in [1.165, 1.54) is 102 Å². The summed E-state index contributed by atoms with van der Waals surface area (Å²) in [4.78, 5) is 157. The lowest BCUT2D eigenvalue weighted by Crippen LogP contribution is -2.09. The molecule has 142 heavy (non-hydrogen) atoms. The van der Waals surface area contributed by atoms with Gasteiger partial charge >= 0.3 is 0 Å². The summed E-state index contributed by atoms with van der Waals surface area (Å²) in [5, 5.41) is 11.8. The first-order valence-corrected chi connectivity index (χ1v) is 49.6. The Kier molecular flexibility index (Phi) is 27.2. The van der Waals surface area contributed by atoms with Crippen LogP contribution in [0, 0.1) is 40.5 Å². The number of ether oxygens (including phenoxy) is 1. The first-order valence-electron chi connectivity index (χ1n) is 44.3. The average molecular weight is 1990 g/mol. The molecule has 0 spiro atoms. The fraction of sp³-hybridized carbons (Fsp3) is 0.125. The number of thiophene rings is 6. The Labute approximate surface area is 830 Å². The number of nitrogens with zero attached hydrogens (tertiary/aromatic N) is 19. The monoisotopic (exact) mass is 1990 g/mol. The SMILES string of the molecule is CC(C)COc1ccc(-c2csc3c(=O)[nH]c(-c4cn(C)cn4)nc23)cn1.Cc1cccc(-c2csc3c(=O)[nH]c(-c4ccncn4)nc23)c1.Cc1cccc(-c2csc3c(=O)[nH]c(-c4cn(C)cn4)nc23)c1.Cc1cccc(-c2csc3c(=O)[nH]c(-c4cn(C)cn4)nc23)c1.Cc1cccc(-c2csc3c(=O)[nH]c(-c4ncccn4)nc23)c1.Cc1cccc(-c2csc3c(=O)[nH]c(-c4nccn4C)nc23)c1. The van der Waals surface area contributed by atoms with Crippen LogP contribution in [0.2, 0.25) is 0 Å². The molecule has 0 aliphatic rings. The zero-order valence-electron chi connectivity index (χ0n) is 77.9. The molecule has 704 valence electrons. The van der Waals surface area contributed by atoms with E-state index in [-0.39, 0.29) is 33.4 Å². The molecule has 6 N–H and O–H groups in total. The number of fused-ring (bicyclic) bond motifs is 6. The number of aryl methyl sites for hydroxylation is 9. The lowest BCUT2D eigenvalue weighted by atomic mass is 10.1. The van der Waals surface area contributed by atoms with E-state index in [2.05, 4.69) is 188 Å². The first kappa shape index (κ1) is 94.1. The zero-order valence-corrected chi connectivity index (χ0v) is 82.8. The predicted octanol–water partition coefficient (Wildman–Crippen LogP) is 20.4. The molecule has 0 bridgehead atoms. The molecule has 5 aromatic carbocycles. The number of H-pyrrole nitrogens is 6. The standard InChI is InChI=1S/C19H19N5O2S.3C17H14N4OS.2C17H12N4OS/c1-11(2)8-26-15-5-4-12(6-20-15)13-9-27-17-16(13)22-18(23-19(17)25)14-7-24(3)10-21-14;2*1-10-4-3-5-11(6-10)12-8-23-15-14(12)19-16(20-17(15)22)13-7-21(2)9-18-13;1-10-4-3-5-11(8-10)12-9-23-14-13(12)19-15(20-17(14)22)16-18-6-7-21(16)2;1-10-4-2-5-11(8-10)12-9-23-14-13(12)20-16(21-17(14)22)15-18-6-3-7-19-15;1-10-3-2-4-11(7-10)12-8-23-15-14(12)20-16(21-17(15)22)13-5-6-18-9-19-13/h4-7,9-11H,8H2,1-3H3,(H,22,23,25);3*3-9H,1-2H3,(H,19,20,22);2*2-9H,1H3,(H,20,21,22). The molecule has 0 saturated heterocycles. The largest absolute Gasteiger partial charge is 0.477 e. The van der Waals surface area contributed by atoms with Crippen molar-refractivity contribution < 1.29 is 4.74 Å². The number of hydrogen-bond acceptors (Lipinski definition) is 28. The lowest BCUT2D eigenvalue weighted by Gasteiger charge is -2.08. The second-order valence-corrected chi connectivity index (χ2v) is 39.0. The minimum Gasteiger partial charge on any atom is -0.477 e. The summed E-state index contributed by atoms with van der Waals surface area (Å²) >= 11 is 8.43. The van der Waals surface area contributed by atoms with Crippen LogP contribution in [0.5, 0.6) is 5.88 Å². The summed E-state index contributed by atoms with van der Waals surface area (Å²) in [7, 11) is 7.52. The molecule has 0 radical (unpaired) electrons. The summed E-state index contributed by atoms with van der Waals surface area (Å²) in [5.41, 5.74) is 23.7. The number of rotatable bonds is 15. The molecule has 38 heteroatoms. The third-order valence-electron chi connectivity index (χ3n) is 22.3. The van der Waals surface area contributed by atoms with Gasteiger partial charge in [-0.25, -0.2) is 74.8 Å². The van der Waals surface area contributed by atoms with Crippen molar-refractivity contribution in [2.45, 2.75) is 48.5 Å². The second-order valence-electron chi connectivity index (χ2n) is 33.7. The van der Waals surface area contributed by atoms with Crippen LogP contribution in [-0.4, -0.2) is 130 Å². The van der Waals surface area contributed by atoms with Gasteiger partial charge in [0.05, 0.1) is 58.7 Å². The van der Waals surface area contributed by atoms with E-state index in [9.17, 15) is 28.8 Å². The van der Waals surface area contributed by atoms with Crippen molar-refractivity contribution >= 4 is 129 Å². The van der Waals surface area contributed by atoms with Crippen molar-refractivity contribution in [2.24, 2.45) is 34.1 Å². The van der Waals surface area contributed by atoms with Gasteiger partial charge < -0.3 is 52.9 Å². The van der Waals surface area contributed by atoms with Crippen LogP contribution in [-0.2, 0) is 28.2 Å². The predicted molar refractivity (Wildman–Crippen MR) is 567 cm³/mol. The van der Waals surface area contributed by atoms with E-state index in [4.69, 9.17) is 4.74 Å². The Morgan fingerprint density at radius 3 is 0.944 bits per heavy atom. The van der Waals surface area contributed by atoms with Crippen molar-refractivity contribution in [3.05, 3.63) is 349 Å². The van der Waals surface area contributed by atoms with Crippen molar-refractivity contribution in [1.82, 2.24) is 123 Å². The number of benzene rings is 5. The van der Waals surface area contributed by atoms with Crippen LogP contribution in [0.4, 0.5) is 0 Å². The number of pyridine rings is 1. The molecule has 32 nitrogen and oxygen atoms in total. The molecule has 24 rings (SSSR count). The van der Waals surface area contributed by atoms with Gasteiger partial charge in [0, 0.05) is 161 Å². The number of aromatic nitrogens is 25. The quantitative estimate of drug-likeness (QED) is 0.0555. The highest BCUT2D eigenvalue weighted by molar-refractivity contribution is 7.19. The van der Waals surface area contributed by atoms with Crippen LogP contribution in [0.15, 0.2) is 288 Å². The summed E-state index contributed by atoms with van der Waals surface area (Å²) in [6.07, 6.45) is 22.1. The van der Waals surface area contributed by atoms with Gasteiger partial charge in [0.15, 0.2) is 46.6 Å². The summed E-state index contributed by atoms with van der Waals surface area (Å²) in [6, 6.07) is 48.2. The van der Waals surface area contributed by atoms with Crippen LogP contribution in [0.1, 0.15) is 41.7 Å². The smallest absolute Gasteiger partial charge is 0.269 e. The molecule has 0 fully saturated rings. The molecule has 0 atom stereocenters. The van der Waals surface area contributed by atoms with Crippen molar-refractivity contribution in [3.8, 4) is 142 Å². The van der Waals surface area contributed by atoms with Crippen molar-refractivity contribution in [3.63, 3.8) is 0 Å². The number of nitrogens with one attached hydrogen (secondary N) is 6. The van der Waals surface area contributed by atoms with E-state index in [0.29, 0.717) is 133 Å². The van der Waals surface area contributed by atoms with E-state index in [1.807, 2.05) is 202 Å². The highest BCUT2D eigenvalue weighted by atomic mass is 32.1. The fourth-order valence-corrected chi connectivity index (χ4v) is 20.9. The first-order chi connectivity index (χ1) is 68.8. The molecule has 0 aliphatic heterocycles. The molecule has 19 heterocycles. The van der Waals surface area contributed by atoms with Gasteiger partial charge in [0.1, 0.15) is 57.3 Å². The van der Waals surface area contributed by atoms with Crippen molar-refractivity contribution in [2.75, 3.05) is 6.61 Å². The Morgan fingerprint density at radius 1 is 0.324 bits per heavy atom. The molecule has 19 aromatic heterocycles. The van der Waals surface area contributed by atoms with Gasteiger partial charge in [-0.05, 0) is 86.6 Å². The minimum absolute atomic E-state index is 0.125. The highest BCUT2D eigenvalue weighted by Gasteiger charge is 2.23. The summed E-state index contributed by atoms with van der Waals surface area (Å²) in [6.45, 7) is 15.1. The topological polar surface area (TPSA) is 419 Å². The van der Waals surface area contributed by atoms with Gasteiger partial charge in [-0.2, -0.15) is 0 Å². The molecule has 0 unspecified atom stereocenters. The number of hydrogen-bond donors (Lipinski definition) is 6. The highest BCUT2D eigenvalue weighted by Crippen LogP contribution is 2.40. The van der Waals surface area contributed by atoms with Crippen molar-refractivity contribution in [1.29, 1.82) is 0 Å². The van der Waals surface area contributed by atoms with E-state index in [0.717, 1.165) is 83.3 Å². The normalized spacial score (nSPS) is 11.2. The van der Waals surface area contributed by atoms with Gasteiger partial charge in [-0.3, -0.25) is 28.8 Å². The average Bonchev–Trinajstić information content (AvgIpc) is 1.62. The number of aromatic amines is 6. The molecule has 0 amide bonds. The van der Waals surface area contributed by atoms with E-state index >= 15 is 0 Å². The summed E-state index contributed by atoms with van der Waals surface area (Å²) < 4.78 is 16.7. The Bertz CT molecular complexity index is 8840. The van der Waals surface area contributed by atoms with Crippen LogP contribution in [0.25, 0.3) is 197 Å². The Balaban J connectivity index is 0.000000108. The molecule has 24 aromatic rings. The molecular formula is C104H85N25O7S6. The third kappa shape index (κ3) is 20.5. The maximum Gasteiger partial charge on any atom is 0.269 e. The maximum absolute atomic E-state index is 12.5. The Hall–Kier alpha value is -16.9. The van der Waals surface area contributed by atoms with Crippen LogP contribution >= 0.6 is 68.0 Å². The van der Waals surface area contributed by atoms with Gasteiger partial charge in [-0.1, -0.05) is 163 Å². The Morgan fingerprint density at radius 2 is 0.648 bits per heavy atom. The van der Waals surface area contributed by atoms with Crippen LogP contribution < -0.4 is 38.1 Å². The maximum atomic E-state index is 12.5. The van der Waals surface area contributed by atoms with Gasteiger partial charge in [0.2, 0.25) is 5.88 Å². The second kappa shape index (κ2) is 41.0. The fourth-order valence-electron chi connectivity index (χ4n) is 15.5. The minimum atomic E-state index is -0.165. The molecule has 0 aliphatic carbocycles. The molecule has 0 saturated carbocycles. The summed E-state index contributed by atoms with van der Waals surface area (Å²) in [5.74, 6) is 4.86. The van der Waals surface area contributed by atoms with Crippen LogP contribution in [0.3, 0.4) is 0 Å². The third-order valence-corrected chi connectivity index (χ3v) is 28.1.